The van der Waals surface area contributed by atoms with Crippen LogP contribution in [0, 0.1) is 0 Å². The Morgan fingerprint density at radius 3 is 3.08 bits per heavy atom. The number of anilines is 1. The molecule has 0 aliphatic carbocycles. The molecule has 1 aromatic heterocycles. The maximum atomic E-state index is 12.1. The van der Waals surface area contributed by atoms with Crippen LogP contribution in [0.5, 0.6) is 11.5 Å². The molecule has 0 saturated carbocycles. The number of nitrogens with one attached hydrogen (secondary N) is 2. The molecule has 1 unspecified atom stereocenters. The first-order valence-corrected chi connectivity index (χ1v) is 8.62. The van der Waals surface area contributed by atoms with Crippen LogP contribution in [0.25, 0.3) is 11.3 Å². The molecule has 25 heavy (non-hydrogen) atoms. The molecule has 2 N–H and O–H groups in total. The first-order valence-electron chi connectivity index (χ1n) is 7.74. The summed E-state index contributed by atoms with van der Waals surface area (Å²) in [5.41, 5.74) is 1.73. The fraction of sp³-hybridized carbons (Fsp3) is 0.375. The highest BCUT2D eigenvalue weighted by atomic mass is 35.5. The van der Waals surface area contributed by atoms with E-state index in [1.54, 1.807) is 0 Å². The molecule has 1 aromatic carbocycles. The second-order valence-electron chi connectivity index (χ2n) is 5.58. The van der Waals surface area contributed by atoms with Crippen LogP contribution in [0.3, 0.4) is 0 Å². The lowest BCUT2D eigenvalue weighted by atomic mass is 10.1. The number of halogens is 1. The Morgan fingerprint density at radius 1 is 1.36 bits per heavy atom. The van der Waals surface area contributed by atoms with Crippen molar-refractivity contribution >= 4 is 34.8 Å². The maximum Gasteiger partial charge on any atom is 0.231 e. The minimum absolute atomic E-state index is 0. The lowest BCUT2D eigenvalue weighted by Gasteiger charge is -2.22. The van der Waals surface area contributed by atoms with Crippen molar-refractivity contribution in [3.05, 3.63) is 23.6 Å². The number of ether oxygens (including phenoxy) is 3. The fourth-order valence-corrected chi connectivity index (χ4v) is 3.40. The number of amides is 1. The van der Waals surface area contributed by atoms with Gasteiger partial charge in [-0.2, -0.15) is 0 Å². The number of morpholine rings is 1. The predicted octanol–water partition coefficient (Wildman–Crippen LogP) is 2.28. The van der Waals surface area contributed by atoms with Crippen LogP contribution in [0.2, 0.25) is 0 Å². The van der Waals surface area contributed by atoms with Gasteiger partial charge < -0.3 is 24.8 Å². The number of aromatic nitrogens is 1. The number of benzene rings is 1. The molecule has 3 heterocycles. The molecule has 134 valence electrons. The van der Waals surface area contributed by atoms with Gasteiger partial charge in [0.1, 0.15) is 0 Å². The Balaban J connectivity index is 0.00000182. The highest BCUT2D eigenvalue weighted by molar-refractivity contribution is 7.14. The van der Waals surface area contributed by atoms with Crippen molar-refractivity contribution in [2.24, 2.45) is 0 Å². The van der Waals surface area contributed by atoms with E-state index in [9.17, 15) is 4.79 Å². The van der Waals surface area contributed by atoms with Gasteiger partial charge in [-0.3, -0.25) is 4.79 Å². The molecule has 4 rings (SSSR count). The second kappa shape index (κ2) is 8.01. The van der Waals surface area contributed by atoms with E-state index in [2.05, 4.69) is 15.6 Å². The average Bonchev–Trinajstić information content (AvgIpc) is 3.24. The SMILES string of the molecule is Cl.O=C(CC1COCCN1)Nc1nc(-c2ccc3c(c2)OCO3)cs1. The van der Waals surface area contributed by atoms with Gasteiger partial charge in [-0.05, 0) is 18.2 Å². The minimum Gasteiger partial charge on any atom is -0.454 e. The largest absolute Gasteiger partial charge is 0.454 e. The molecule has 2 aliphatic rings. The van der Waals surface area contributed by atoms with Gasteiger partial charge >= 0.3 is 0 Å². The molecular formula is C16H18ClN3O4S. The van der Waals surface area contributed by atoms with Gasteiger partial charge in [-0.25, -0.2) is 4.98 Å². The molecule has 1 fully saturated rings. The Bertz CT molecular complexity index is 749. The summed E-state index contributed by atoms with van der Waals surface area (Å²) in [5, 5.41) is 8.61. The third-order valence-electron chi connectivity index (χ3n) is 3.85. The van der Waals surface area contributed by atoms with E-state index in [1.165, 1.54) is 11.3 Å². The van der Waals surface area contributed by atoms with Crippen LogP contribution < -0.4 is 20.1 Å². The summed E-state index contributed by atoms with van der Waals surface area (Å²) in [7, 11) is 0. The van der Waals surface area contributed by atoms with Crippen molar-refractivity contribution in [2.45, 2.75) is 12.5 Å². The summed E-state index contributed by atoms with van der Waals surface area (Å²) >= 11 is 1.40. The number of hydrogen-bond acceptors (Lipinski definition) is 7. The number of fused-ring (bicyclic) bond motifs is 1. The first-order chi connectivity index (χ1) is 11.8. The van der Waals surface area contributed by atoms with Gasteiger partial charge in [-0.15, -0.1) is 23.7 Å². The van der Waals surface area contributed by atoms with E-state index >= 15 is 0 Å². The van der Waals surface area contributed by atoms with Crippen LogP contribution in [0.1, 0.15) is 6.42 Å². The normalized spacial score (nSPS) is 18.5. The van der Waals surface area contributed by atoms with Crippen molar-refractivity contribution in [3.63, 3.8) is 0 Å². The number of rotatable bonds is 4. The summed E-state index contributed by atoms with van der Waals surface area (Å²) < 4.78 is 16.0. The number of hydrogen-bond donors (Lipinski definition) is 2. The van der Waals surface area contributed by atoms with Crippen LogP contribution >= 0.6 is 23.7 Å². The number of thiazole rings is 1. The highest BCUT2D eigenvalue weighted by Crippen LogP contribution is 2.36. The number of carbonyl (C=O) groups is 1. The van der Waals surface area contributed by atoms with Gasteiger partial charge in [0.25, 0.3) is 0 Å². The molecule has 0 bridgehead atoms. The number of carbonyl (C=O) groups excluding carboxylic acids is 1. The molecule has 1 amide bonds. The molecule has 9 heteroatoms. The van der Waals surface area contributed by atoms with E-state index < -0.39 is 0 Å². The Morgan fingerprint density at radius 2 is 2.24 bits per heavy atom. The molecule has 1 atom stereocenters. The van der Waals surface area contributed by atoms with Crippen LogP contribution in [0.15, 0.2) is 23.6 Å². The molecule has 2 aliphatic heterocycles. The van der Waals surface area contributed by atoms with Crippen molar-refractivity contribution in [1.29, 1.82) is 0 Å². The zero-order chi connectivity index (χ0) is 16.4. The van der Waals surface area contributed by atoms with E-state index in [-0.39, 0.29) is 31.1 Å². The summed E-state index contributed by atoms with van der Waals surface area (Å²) in [6, 6.07) is 5.75. The molecular weight excluding hydrogens is 366 g/mol. The fourth-order valence-electron chi connectivity index (χ4n) is 2.66. The zero-order valence-corrected chi connectivity index (χ0v) is 15.0. The second-order valence-corrected chi connectivity index (χ2v) is 6.44. The van der Waals surface area contributed by atoms with E-state index in [0.29, 0.717) is 24.8 Å². The van der Waals surface area contributed by atoms with E-state index in [4.69, 9.17) is 14.2 Å². The third-order valence-corrected chi connectivity index (χ3v) is 4.61. The Hall–Kier alpha value is -1.87. The lowest BCUT2D eigenvalue weighted by Crippen LogP contribution is -2.43. The zero-order valence-electron chi connectivity index (χ0n) is 13.3. The summed E-state index contributed by atoms with van der Waals surface area (Å²) in [4.78, 5) is 16.6. The van der Waals surface area contributed by atoms with Gasteiger partial charge in [0.15, 0.2) is 16.6 Å². The molecule has 0 spiro atoms. The first kappa shape index (κ1) is 17.9. The van der Waals surface area contributed by atoms with Gasteiger partial charge in [0.2, 0.25) is 12.7 Å². The third kappa shape index (κ3) is 4.21. The van der Waals surface area contributed by atoms with E-state index in [0.717, 1.165) is 29.3 Å². The van der Waals surface area contributed by atoms with Crippen molar-refractivity contribution < 1.29 is 19.0 Å². The van der Waals surface area contributed by atoms with Crippen molar-refractivity contribution in [3.8, 4) is 22.8 Å². The number of nitrogens with zero attached hydrogens (tertiary/aromatic N) is 1. The standard InChI is InChI=1S/C16H17N3O4S.ClH/c20-15(6-11-7-21-4-3-17-11)19-16-18-12(8-24-16)10-1-2-13-14(5-10)23-9-22-13;/h1-2,5,8,11,17H,3-4,6-7,9H2,(H,18,19,20);1H. The Kier molecular flexibility index (Phi) is 5.74. The van der Waals surface area contributed by atoms with Crippen LogP contribution in [-0.2, 0) is 9.53 Å². The van der Waals surface area contributed by atoms with Gasteiger partial charge in [0, 0.05) is 30.0 Å². The summed E-state index contributed by atoms with van der Waals surface area (Å²) in [6.45, 7) is 2.29. The highest BCUT2D eigenvalue weighted by Gasteiger charge is 2.18. The van der Waals surface area contributed by atoms with Crippen LogP contribution in [-0.4, -0.2) is 43.5 Å². The minimum atomic E-state index is -0.0652. The molecule has 1 saturated heterocycles. The van der Waals surface area contributed by atoms with Crippen LogP contribution in [0.4, 0.5) is 5.13 Å². The van der Waals surface area contributed by atoms with E-state index in [1.807, 2.05) is 23.6 Å². The molecule has 0 radical (unpaired) electrons. The summed E-state index contributed by atoms with van der Waals surface area (Å²) in [6.07, 6.45) is 0.374. The van der Waals surface area contributed by atoms with Crippen molar-refractivity contribution in [1.82, 2.24) is 10.3 Å². The molecule has 2 aromatic rings. The predicted molar refractivity (Wildman–Crippen MR) is 96.8 cm³/mol. The Labute approximate surface area is 155 Å². The van der Waals surface area contributed by atoms with Crippen molar-refractivity contribution in [2.75, 3.05) is 31.9 Å². The lowest BCUT2D eigenvalue weighted by molar-refractivity contribution is -0.117. The quantitative estimate of drug-likeness (QED) is 0.843. The average molecular weight is 384 g/mol. The van der Waals surface area contributed by atoms with Gasteiger partial charge in [-0.1, -0.05) is 0 Å². The monoisotopic (exact) mass is 383 g/mol. The maximum absolute atomic E-state index is 12.1. The van der Waals surface area contributed by atoms with Gasteiger partial charge in [0.05, 0.1) is 18.9 Å². The summed E-state index contributed by atoms with van der Waals surface area (Å²) in [5.74, 6) is 1.39. The smallest absolute Gasteiger partial charge is 0.231 e. The molecule has 7 nitrogen and oxygen atoms in total. The topological polar surface area (TPSA) is 81.7 Å².